The van der Waals surface area contributed by atoms with Crippen molar-refractivity contribution in [1.82, 2.24) is 15.6 Å². The van der Waals surface area contributed by atoms with Gasteiger partial charge in [-0.25, -0.2) is 13.4 Å². The van der Waals surface area contributed by atoms with Crippen LogP contribution in [0.1, 0.15) is 25.3 Å². The minimum absolute atomic E-state index is 0.0451. The number of ether oxygens (including phenoxy) is 1. The second-order valence-corrected chi connectivity index (χ2v) is 9.36. The average molecular weight is 412 g/mol. The molecule has 9 heteroatoms. The number of hydrogen-bond acceptors (Lipinski definition) is 6. The van der Waals surface area contributed by atoms with Gasteiger partial charge in [0.05, 0.1) is 25.5 Å². The number of pyridine rings is 1. The predicted octanol–water partition coefficient (Wildman–Crippen LogP) is 0.975. The molecule has 2 rings (SSSR count). The van der Waals surface area contributed by atoms with E-state index in [9.17, 15) is 8.42 Å². The first kappa shape index (κ1) is 22.4. The summed E-state index contributed by atoms with van der Waals surface area (Å²) in [5.74, 6) is 1.86. The van der Waals surface area contributed by atoms with Crippen LogP contribution in [-0.2, 0) is 14.6 Å². The molecule has 1 aliphatic rings. The second-order valence-electron chi connectivity index (χ2n) is 7.10. The molecule has 1 fully saturated rings. The molecule has 0 radical (unpaired) electrons. The second kappa shape index (κ2) is 11.2. The Morgan fingerprint density at radius 2 is 2.07 bits per heavy atom. The number of sulfone groups is 1. The van der Waals surface area contributed by atoms with Crippen LogP contribution in [0.15, 0.2) is 23.3 Å². The number of nitrogens with zero attached hydrogens (tertiary/aromatic N) is 3. The molecule has 0 spiro atoms. The van der Waals surface area contributed by atoms with Gasteiger partial charge in [0.25, 0.3) is 0 Å². The van der Waals surface area contributed by atoms with E-state index in [1.807, 2.05) is 20.0 Å². The molecule has 0 atom stereocenters. The van der Waals surface area contributed by atoms with Crippen LogP contribution in [-0.4, -0.2) is 76.8 Å². The van der Waals surface area contributed by atoms with Crippen LogP contribution in [0.25, 0.3) is 0 Å². The largest absolute Gasteiger partial charge is 0.378 e. The number of hydrogen-bond donors (Lipinski definition) is 2. The number of aromatic nitrogens is 1. The first-order chi connectivity index (χ1) is 13.4. The summed E-state index contributed by atoms with van der Waals surface area (Å²) in [6.07, 6.45) is 5.16. The van der Waals surface area contributed by atoms with E-state index in [2.05, 4.69) is 37.6 Å². The zero-order chi connectivity index (χ0) is 20.4. The van der Waals surface area contributed by atoms with Gasteiger partial charge >= 0.3 is 0 Å². The number of anilines is 1. The van der Waals surface area contributed by atoms with Crippen molar-refractivity contribution in [2.45, 2.75) is 32.7 Å². The van der Waals surface area contributed by atoms with Crippen molar-refractivity contribution < 1.29 is 13.2 Å². The van der Waals surface area contributed by atoms with Crippen LogP contribution in [0.4, 0.5) is 5.82 Å². The number of nitrogens with one attached hydrogen (secondary N) is 2. The van der Waals surface area contributed by atoms with Crippen molar-refractivity contribution in [3.63, 3.8) is 0 Å². The molecule has 28 heavy (non-hydrogen) atoms. The summed E-state index contributed by atoms with van der Waals surface area (Å²) in [5.41, 5.74) is 1.17. The summed E-state index contributed by atoms with van der Waals surface area (Å²) in [6, 6.07) is 4.55. The normalized spacial score (nSPS) is 16.2. The van der Waals surface area contributed by atoms with Crippen LogP contribution < -0.4 is 15.5 Å². The van der Waals surface area contributed by atoms with Crippen molar-refractivity contribution in [2.24, 2.45) is 4.99 Å². The summed E-state index contributed by atoms with van der Waals surface area (Å²) in [4.78, 5) is 11.4. The number of aliphatic imine (C=N–C) groups is 1. The number of guanidine groups is 1. The Morgan fingerprint density at radius 1 is 1.32 bits per heavy atom. The van der Waals surface area contributed by atoms with Gasteiger partial charge in [0.1, 0.15) is 15.7 Å². The first-order valence-electron chi connectivity index (χ1n) is 9.85. The van der Waals surface area contributed by atoms with Gasteiger partial charge in [-0.05, 0) is 38.3 Å². The van der Waals surface area contributed by atoms with Gasteiger partial charge in [-0.1, -0.05) is 6.07 Å². The minimum Gasteiger partial charge on any atom is -0.378 e. The predicted molar refractivity (Wildman–Crippen MR) is 114 cm³/mol. The molecular weight excluding hydrogens is 378 g/mol. The Labute approximate surface area is 168 Å². The van der Waals surface area contributed by atoms with E-state index in [-0.39, 0.29) is 12.4 Å². The Balaban J connectivity index is 1.73. The molecule has 1 aromatic rings. The van der Waals surface area contributed by atoms with E-state index in [1.165, 1.54) is 11.8 Å². The van der Waals surface area contributed by atoms with Crippen LogP contribution in [0.2, 0.25) is 0 Å². The molecule has 2 heterocycles. The minimum atomic E-state index is -2.98. The van der Waals surface area contributed by atoms with Gasteiger partial charge < -0.3 is 20.3 Å². The van der Waals surface area contributed by atoms with E-state index in [0.29, 0.717) is 19.2 Å². The maximum atomic E-state index is 11.1. The van der Waals surface area contributed by atoms with E-state index in [1.54, 1.807) is 0 Å². The van der Waals surface area contributed by atoms with Crippen LogP contribution in [0.3, 0.4) is 0 Å². The lowest BCUT2D eigenvalue weighted by Crippen LogP contribution is -2.49. The molecule has 1 saturated heterocycles. The summed E-state index contributed by atoms with van der Waals surface area (Å²) in [5, 5.41) is 6.75. The van der Waals surface area contributed by atoms with Gasteiger partial charge in [0.2, 0.25) is 0 Å². The van der Waals surface area contributed by atoms with Crippen molar-refractivity contribution in [2.75, 3.05) is 56.3 Å². The third-order valence-corrected chi connectivity index (χ3v) is 5.41. The number of aryl methyl sites for hydroxylation is 1. The summed E-state index contributed by atoms with van der Waals surface area (Å²) in [7, 11) is -2.98. The maximum absolute atomic E-state index is 11.1. The van der Waals surface area contributed by atoms with Crippen LogP contribution in [0.5, 0.6) is 0 Å². The van der Waals surface area contributed by atoms with E-state index < -0.39 is 9.84 Å². The van der Waals surface area contributed by atoms with Crippen molar-refractivity contribution in [1.29, 1.82) is 0 Å². The molecule has 0 unspecified atom stereocenters. The first-order valence-corrected chi connectivity index (χ1v) is 11.9. The lowest BCUT2D eigenvalue weighted by atomic mass is 10.1. The zero-order valence-electron chi connectivity index (χ0n) is 17.1. The molecule has 0 amide bonds. The Hall–Kier alpha value is -1.87. The van der Waals surface area contributed by atoms with Gasteiger partial charge in [0, 0.05) is 38.1 Å². The van der Waals surface area contributed by atoms with Crippen LogP contribution in [0, 0.1) is 6.92 Å². The molecule has 0 saturated carbocycles. The van der Waals surface area contributed by atoms with E-state index in [0.717, 1.165) is 44.3 Å². The SMILES string of the molecule is CCNC(=NCCOCCS(C)(=O)=O)NC1CCN(c2ccc(C)cn2)CC1. The van der Waals surface area contributed by atoms with E-state index >= 15 is 0 Å². The van der Waals surface area contributed by atoms with Gasteiger partial charge in [0.15, 0.2) is 5.96 Å². The molecular formula is C19H33N5O3S. The lowest BCUT2D eigenvalue weighted by Gasteiger charge is -2.33. The van der Waals surface area contributed by atoms with Crippen molar-refractivity contribution in [3.05, 3.63) is 23.9 Å². The molecule has 0 aliphatic carbocycles. The maximum Gasteiger partial charge on any atom is 0.191 e. The van der Waals surface area contributed by atoms with Crippen molar-refractivity contribution >= 4 is 21.6 Å². The van der Waals surface area contributed by atoms with Crippen molar-refractivity contribution in [3.8, 4) is 0 Å². The molecule has 8 nitrogen and oxygen atoms in total. The number of piperidine rings is 1. The topological polar surface area (TPSA) is 95.9 Å². The Kier molecular flexibility index (Phi) is 8.98. The fraction of sp³-hybridized carbons (Fsp3) is 0.684. The highest BCUT2D eigenvalue weighted by Crippen LogP contribution is 2.17. The molecule has 158 valence electrons. The lowest BCUT2D eigenvalue weighted by molar-refractivity contribution is 0.157. The molecule has 0 bridgehead atoms. The third-order valence-electron chi connectivity index (χ3n) is 4.50. The highest BCUT2D eigenvalue weighted by molar-refractivity contribution is 7.90. The third kappa shape index (κ3) is 8.43. The molecule has 1 aromatic heterocycles. The van der Waals surface area contributed by atoms with Crippen LogP contribution >= 0.6 is 0 Å². The number of rotatable bonds is 9. The highest BCUT2D eigenvalue weighted by atomic mass is 32.2. The quantitative estimate of drug-likeness (QED) is 0.355. The molecule has 1 aliphatic heterocycles. The fourth-order valence-corrected chi connectivity index (χ4v) is 3.37. The van der Waals surface area contributed by atoms with Gasteiger partial charge in [-0.15, -0.1) is 0 Å². The Morgan fingerprint density at radius 3 is 2.68 bits per heavy atom. The van der Waals surface area contributed by atoms with E-state index in [4.69, 9.17) is 4.74 Å². The highest BCUT2D eigenvalue weighted by Gasteiger charge is 2.20. The average Bonchev–Trinajstić information content (AvgIpc) is 2.65. The fourth-order valence-electron chi connectivity index (χ4n) is 2.95. The smallest absolute Gasteiger partial charge is 0.191 e. The summed E-state index contributed by atoms with van der Waals surface area (Å²) in [6.45, 7) is 7.89. The van der Waals surface area contributed by atoms with Gasteiger partial charge in [-0.2, -0.15) is 0 Å². The summed E-state index contributed by atoms with van der Waals surface area (Å²) >= 11 is 0. The molecule has 0 aromatic carbocycles. The monoisotopic (exact) mass is 411 g/mol. The standard InChI is InChI=1S/C19H33N5O3S/c1-4-20-19(21-9-12-27-13-14-28(3,25)26)23-17-7-10-24(11-8-17)18-6-5-16(2)15-22-18/h5-6,15,17H,4,7-14H2,1-3H3,(H2,20,21,23). The van der Waals surface area contributed by atoms with Gasteiger partial charge in [-0.3, -0.25) is 4.99 Å². The summed E-state index contributed by atoms with van der Waals surface area (Å²) < 4.78 is 27.5. The molecule has 2 N–H and O–H groups in total. The zero-order valence-corrected chi connectivity index (χ0v) is 18.0. The Bertz CT molecular complexity index is 714.